The molecular formula is C22H22FN7. The maximum absolute atomic E-state index is 14.3. The minimum absolute atomic E-state index is 0.213. The lowest BCUT2D eigenvalue weighted by molar-refractivity contribution is 0.376. The van der Waals surface area contributed by atoms with Crippen molar-refractivity contribution in [2.45, 2.75) is 18.9 Å². The SMILES string of the molecule is Fc1ccccc1Nc1nc2cnc(Nc3ccccc3)nc2n1C1CCNCC1. The average Bonchev–Trinajstić information content (AvgIpc) is 3.14. The largest absolute Gasteiger partial charge is 0.324 e. The second-order valence-electron chi connectivity index (χ2n) is 7.28. The molecule has 0 unspecified atom stereocenters. The Labute approximate surface area is 173 Å². The highest BCUT2D eigenvalue weighted by Gasteiger charge is 2.23. The van der Waals surface area contributed by atoms with Gasteiger partial charge in [0.1, 0.15) is 11.3 Å². The van der Waals surface area contributed by atoms with Crippen molar-refractivity contribution < 1.29 is 4.39 Å². The molecule has 4 aromatic rings. The van der Waals surface area contributed by atoms with Crippen LogP contribution in [-0.4, -0.2) is 32.6 Å². The van der Waals surface area contributed by atoms with Crippen LogP contribution in [0, 0.1) is 5.82 Å². The maximum atomic E-state index is 14.3. The molecule has 7 nitrogen and oxygen atoms in total. The fourth-order valence-corrected chi connectivity index (χ4v) is 3.78. The van der Waals surface area contributed by atoms with E-state index in [1.165, 1.54) is 6.07 Å². The van der Waals surface area contributed by atoms with Gasteiger partial charge in [-0.1, -0.05) is 30.3 Å². The summed E-state index contributed by atoms with van der Waals surface area (Å²) in [6.07, 6.45) is 3.60. The summed E-state index contributed by atoms with van der Waals surface area (Å²) in [7, 11) is 0. The van der Waals surface area contributed by atoms with Gasteiger partial charge in [0.25, 0.3) is 0 Å². The number of piperidine rings is 1. The Bertz CT molecular complexity index is 1150. The molecule has 3 N–H and O–H groups in total. The molecule has 1 aliphatic heterocycles. The Hall–Kier alpha value is -3.52. The zero-order chi connectivity index (χ0) is 20.3. The van der Waals surface area contributed by atoms with Gasteiger partial charge in [-0.25, -0.2) is 14.4 Å². The van der Waals surface area contributed by atoms with E-state index in [2.05, 4.69) is 30.5 Å². The molecule has 0 saturated carbocycles. The van der Waals surface area contributed by atoms with E-state index in [9.17, 15) is 4.39 Å². The number of para-hydroxylation sites is 2. The molecule has 0 amide bonds. The number of aromatic nitrogens is 4. The van der Waals surface area contributed by atoms with Crippen molar-refractivity contribution in [3.63, 3.8) is 0 Å². The molecule has 0 radical (unpaired) electrons. The van der Waals surface area contributed by atoms with Gasteiger partial charge in [-0.15, -0.1) is 0 Å². The van der Waals surface area contributed by atoms with Crippen molar-refractivity contribution in [2.75, 3.05) is 23.7 Å². The maximum Gasteiger partial charge on any atom is 0.229 e. The summed E-state index contributed by atoms with van der Waals surface area (Å²) in [6, 6.07) is 16.6. The summed E-state index contributed by atoms with van der Waals surface area (Å²) >= 11 is 0. The predicted molar refractivity (Wildman–Crippen MR) is 116 cm³/mol. The van der Waals surface area contributed by atoms with Gasteiger partial charge in [-0.3, -0.25) is 4.57 Å². The standard InChI is InChI=1S/C22H22FN7/c23-17-8-4-5-9-18(17)27-22-28-19-14-25-21(26-15-6-2-1-3-7-15)29-20(19)30(22)16-10-12-24-13-11-16/h1-9,14,16,24H,10-13H2,(H,27,28)(H,25,26,29). The first kappa shape index (κ1) is 18.5. The molecule has 3 heterocycles. The predicted octanol–water partition coefficient (Wildman–Crippen LogP) is 4.38. The number of rotatable bonds is 5. The zero-order valence-electron chi connectivity index (χ0n) is 16.3. The minimum Gasteiger partial charge on any atom is -0.324 e. The highest BCUT2D eigenvalue weighted by Crippen LogP contribution is 2.31. The fraction of sp³-hybridized carbons (Fsp3) is 0.227. The van der Waals surface area contributed by atoms with Crippen molar-refractivity contribution in [3.8, 4) is 0 Å². The third-order valence-electron chi connectivity index (χ3n) is 5.26. The monoisotopic (exact) mass is 403 g/mol. The van der Waals surface area contributed by atoms with Crippen LogP contribution >= 0.6 is 0 Å². The highest BCUT2D eigenvalue weighted by atomic mass is 19.1. The van der Waals surface area contributed by atoms with Gasteiger partial charge in [0.15, 0.2) is 5.65 Å². The van der Waals surface area contributed by atoms with E-state index < -0.39 is 0 Å². The van der Waals surface area contributed by atoms with Crippen LogP contribution in [0.4, 0.5) is 27.7 Å². The number of anilines is 4. The van der Waals surface area contributed by atoms with Crippen LogP contribution in [0.1, 0.15) is 18.9 Å². The molecule has 2 aromatic carbocycles. The van der Waals surface area contributed by atoms with Crippen LogP contribution in [0.5, 0.6) is 0 Å². The topological polar surface area (TPSA) is 79.7 Å². The van der Waals surface area contributed by atoms with Crippen molar-refractivity contribution in [3.05, 3.63) is 66.6 Å². The number of fused-ring (bicyclic) bond motifs is 1. The van der Waals surface area contributed by atoms with Crippen LogP contribution in [0.2, 0.25) is 0 Å². The molecule has 1 fully saturated rings. The van der Waals surface area contributed by atoms with E-state index in [4.69, 9.17) is 4.98 Å². The Kier molecular flexibility index (Phi) is 4.98. The second-order valence-corrected chi connectivity index (χ2v) is 7.28. The number of nitrogens with one attached hydrogen (secondary N) is 3. The molecule has 0 bridgehead atoms. The molecule has 1 aliphatic rings. The normalized spacial score (nSPS) is 14.7. The number of hydrogen-bond acceptors (Lipinski definition) is 6. The number of hydrogen-bond donors (Lipinski definition) is 3. The van der Waals surface area contributed by atoms with Crippen LogP contribution in [0.3, 0.4) is 0 Å². The van der Waals surface area contributed by atoms with Crippen LogP contribution in [0.15, 0.2) is 60.8 Å². The first-order chi connectivity index (χ1) is 14.8. The molecular weight excluding hydrogens is 381 g/mol. The first-order valence-corrected chi connectivity index (χ1v) is 10.1. The zero-order valence-corrected chi connectivity index (χ0v) is 16.3. The van der Waals surface area contributed by atoms with Gasteiger partial charge in [0, 0.05) is 11.7 Å². The van der Waals surface area contributed by atoms with Gasteiger partial charge in [0.2, 0.25) is 11.9 Å². The second kappa shape index (κ2) is 8.08. The van der Waals surface area contributed by atoms with Gasteiger partial charge in [-0.2, -0.15) is 4.98 Å². The number of halogens is 1. The lowest BCUT2D eigenvalue weighted by atomic mass is 10.1. The summed E-state index contributed by atoms with van der Waals surface area (Å²) in [5.74, 6) is 0.758. The molecule has 0 spiro atoms. The smallest absolute Gasteiger partial charge is 0.229 e. The quantitative estimate of drug-likeness (QED) is 0.459. The number of benzene rings is 2. The average molecular weight is 403 g/mol. The highest BCUT2D eigenvalue weighted by molar-refractivity contribution is 5.77. The van der Waals surface area contributed by atoms with E-state index in [-0.39, 0.29) is 11.9 Å². The lowest BCUT2D eigenvalue weighted by Gasteiger charge is -2.26. The van der Waals surface area contributed by atoms with Crippen molar-refractivity contribution >= 4 is 34.4 Å². The Morgan fingerprint density at radius 3 is 2.50 bits per heavy atom. The Morgan fingerprint density at radius 1 is 0.933 bits per heavy atom. The van der Waals surface area contributed by atoms with Crippen LogP contribution < -0.4 is 16.0 Å². The van der Waals surface area contributed by atoms with Crippen LogP contribution in [-0.2, 0) is 0 Å². The Morgan fingerprint density at radius 2 is 1.70 bits per heavy atom. The first-order valence-electron chi connectivity index (χ1n) is 10.1. The summed E-state index contributed by atoms with van der Waals surface area (Å²) in [5.41, 5.74) is 2.70. The molecule has 2 aromatic heterocycles. The third-order valence-corrected chi connectivity index (χ3v) is 5.26. The molecule has 5 rings (SSSR count). The van der Waals surface area contributed by atoms with E-state index in [0.29, 0.717) is 23.1 Å². The Balaban J connectivity index is 1.57. The van der Waals surface area contributed by atoms with E-state index in [1.54, 1.807) is 24.4 Å². The summed E-state index contributed by atoms with van der Waals surface area (Å²) in [4.78, 5) is 13.9. The van der Waals surface area contributed by atoms with Gasteiger partial charge in [0.05, 0.1) is 11.9 Å². The van der Waals surface area contributed by atoms with Crippen molar-refractivity contribution in [2.24, 2.45) is 0 Å². The van der Waals surface area contributed by atoms with Crippen molar-refractivity contribution in [1.29, 1.82) is 0 Å². The minimum atomic E-state index is -0.320. The summed E-state index contributed by atoms with van der Waals surface area (Å²) in [5, 5.41) is 9.79. The summed E-state index contributed by atoms with van der Waals surface area (Å²) in [6.45, 7) is 1.84. The van der Waals surface area contributed by atoms with E-state index in [0.717, 1.165) is 37.3 Å². The van der Waals surface area contributed by atoms with Gasteiger partial charge < -0.3 is 16.0 Å². The molecule has 0 atom stereocenters. The van der Waals surface area contributed by atoms with Gasteiger partial charge in [-0.05, 0) is 50.2 Å². The summed E-state index contributed by atoms with van der Waals surface area (Å²) < 4.78 is 16.3. The fourth-order valence-electron chi connectivity index (χ4n) is 3.78. The molecule has 0 aliphatic carbocycles. The third kappa shape index (κ3) is 3.69. The molecule has 8 heteroatoms. The number of nitrogens with zero attached hydrogens (tertiary/aromatic N) is 4. The van der Waals surface area contributed by atoms with Crippen molar-refractivity contribution in [1.82, 2.24) is 24.8 Å². The molecule has 30 heavy (non-hydrogen) atoms. The van der Waals surface area contributed by atoms with E-state index in [1.807, 2.05) is 30.3 Å². The van der Waals surface area contributed by atoms with E-state index >= 15 is 0 Å². The molecule has 152 valence electrons. The van der Waals surface area contributed by atoms with Crippen LogP contribution in [0.25, 0.3) is 11.2 Å². The number of imidazole rings is 1. The van der Waals surface area contributed by atoms with Gasteiger partial charge >= 0.3 is 0 Å². The lowest BCUT2D eigenvalue weighted by Crippen LogP contribution is -2.30. The molecule has 1 saturated heterocycles.